The van der Waals surface area contributed by atoms with Crippen LogP contribution in [0, 0.1) is 15.9 Å². The van der Waals surface area contributed by atoms with Gasteiger partial charge in [-0.05, 0) is 36.8 Å². The molecule has 2 aromatic rings. The predicted molar refractivity (Wildman–Crippen MR) is 97.8 cm³/mol. The summed E-state index contributed by atoms with van der Waals surface area (Å²) in [4.78, 5) is 22.9. The number of ether oxygens (including phenoxy) is 3. The lowest BCUT2D eigenvalue weighted by Crippen LogP contribution is -2.24. The maximum atomic E-state index is 13.8. The van der Waals surface area contributed by atoms with Crippen molar-refractivity contribution in [1.82, 2.24) is 5.32 Å². The Kier molecular flexibility index (Phi) is 5.44. The van der Waals surface area contributed by atoms with Crippen molar-refractivity contribution in [3.63, 3.8) is 0 Å². The first-order valence-corrected chi connectivity index (χ1v) is 8.29. The number of hydrogen-bond acceptors (Lipinski definition) is 6. The highest BCUT2D eigenvalue weighted by atomic mass is 19.1. The SMILES string of the molecule is COc1ccc([C@H](C)NC(=O)/C=C/c2cc3c(cc2[N+](=O)[O-])OCO3)cc1F. The van der Waals surface area contributed by atoms with E-state index in [9.17, 15) is 19.3 Å². The van der Waals surface area contributed by atoms with Gasteiger partial charge in [-0.15, -0.1) is 0 Å². The summed E-state index contributed by atoms with van der Waals surface area (Å²) in [6.07, 6.45) is 2.48. The fourth-order valence-corrected chi connectivity index (χ4v) is 2.70. The van der Waals surface area contributed by atoms with Gasteiger partial charge in [0.1, 0.15) is 0 Å². The zero-order valence-corrected chi connectivity index (χ0v) is 15.1. The van der Waals surface area contributed by atoms with E-state index in [0.717, 1.165) is 0 Å². The molecule has 1 aliphatic heterocycles. The Labute approximate surface area is 159 Å². The highest BCUT2D eigenvalue weighted by Crippen LogP contribution is 2.38. The molecule has 0 saturated heterocycles. The number of nitrogens with one attached hydrogen (secondary N) is 1. The molecule has 1 amide bonds. The number of benzene rings is 2. The highest BCUT2D eigenvalue weighted by molar-refractivity contribution is 5.92. The standard InChI is InChI=1S/C19H17FN2O6/c1-11(12-3-5-16(26-2)14(20)7-12)21-19(23)6-4-13-8-17-18(28-10-27-17)9-15(13)22(24)25/h3-9,11H,10H2,1-2H3,(H,21,23)/b6-4+/t11-/m0/s1. The number of methoxy groups -OCH3 is 1. The lowest BCUT2D eigenvalue weighted by molar-refractivity contribution is -0.385. The molecule has 0 bridgehead atoms. The first-order chi connectivity index (χ1) is 13.4. The lowest BCUT2D eigenvalue weighted by atomic mass is 10.1. The van der Waals surface area contributed by atoms with Crippen LogP contribution in [0.4, 0.5) is 10.1 Å². The molecule has 1 N–H and O–H groups in total. The number of hydrogen-bond donors (Lipinski definition) is 1. The molecule has 3 rings (SSSR count). The van der Waals surface area contributed by atoms with Crippen LogP contribution in [0.3, 0.4) is 0 Å². The van der Waals surface area contributed by atoms with Gasteiger partial charge in [-0.2, -0.15) is 0 Å². The number of fused-ring (bicyclic) bond motifs is 1. The Hall–Kier alpha value is -3.62. The smallest absolute Gasteiger partial charge is 0.280 e. The number of rotatable bonds is 6. The third kappa shape index (κ3) is 4.03. The largest absolute Gasteiger partial charge is 0.494 e. The van der Waals surface area contributed by atoms with Crippen LogP contribution in [0.15, 0.2) is 36.4 Å². The quantitative estimate of drug-likeness (QED) is 0.463. The summed E-state index contributed by atoms with van der Waals surface area (Å²) in [5.74, 6) is -0.267. The summed E-state index contributed by atoms with van der Waals surface area (Å²) >= 11 is 0. The van der Waals surface area contributed by atoms with Gasteiger partial charge in [-0.3, -0.25) is 14.9 Å². The zero-order chi connectivity index (χ0) is 20.3. The molecule has 0 aliphatic carbocycles. The fourth-order valence-electron chi connectivity index (χ4n) is 2.70. The monoisotopic (exact) mass is 388 g/mol. The normalized spacial score (nSPS) is 13.4. The van der Waals surface area contributed by atoms with Gasteiger partial charge in [0.15, 0.2) is 23.1 Å². The number of carbonyl (C=O) groups is 1. The number of carbonyl (C=O) groups excluding carboxylic acids is 1. The van der Waals surface area contributed by atoms with Crippen molar-refractivity contribution in [2.24, 2.45) is 0 Å². The second-order valence-electron chi connectivity index (χ2n) is 5.98. The van der Waals surface area contributed by atoms with Gasteiger partial charge in [0.25, 0.3) is 5.69 Å². The number of nitro groups is 1. The summed E-state index contributed by atoms with van der Waals surface area (Å²) in [6.45, 7) is 1.67. The van der Waals surface area contributed by atoms with E-state index in [1.54, 1.807) is 13.0 Å². The third-order valence-corrected chi connectivity index (χ3v) is 4.17. The van der Waals surface area contributed by atoms with E-state index < -0.39 is 22.7 Å². The first kappa shape index (κ1) is 19.2. The van der Waals surface area contributed by atoms with Gasteiger partial charge in [-0.25, -0.2) is 4.39 Å². The van der Waals surface area contributed by atoms with Crippen LogP contribution >= 0.6 is 0 Å². The number of halogens is 1. The molecule has 1 atom stereocenters. The lowest BCUT2D eigenvalue weighted by Gasteiger charge is -2.14. The minimum atomic E-state index is -0.567. The van der Waals surface area contributed by atoms with Crippen LogP contribution in [0.25, 0.3) is 6.08 Å². The molecule has 0 radical (unpaired) electrons. The molecule has 146 valence electrons. The molecular formula is C19H17FN2O6. The topological polar surface area (TPSA) is 99.9 Å². The molecule has 0 fully saturated rings. The Morgan fingerprint density at radius 3 is 2.68 bits per heavy atom. The van der Waals surface area contributed by atoms with Crippen LogP contribution in [-0.2, 0) is 4.79 Å². The van der Waals surface area contributed by atoms with Crippen molar-refractivity contribution >= 4 is 17.7 Å². The Bertz CT molecular complexity index is 960. The summed E-state index contributed by atoms with van der Waals surface area (Å²) < 4.78 is 29.0. The maximum absolute atomic E-state index is 13.8. The van der Waals surface area contributed by atoms with Crippen LogP contribution in [0.2, 0.25) is 0 Å². The Morgan fingerprint density at radius 2 is 2.04 bits per heavy atom. The Morgan fingerprint density at radius 1 is 1.32 bits per heavy atom. The summed E-state index contributed by atoms with van der Waals surface area (Å²) in [7, 11) is 1.36. The molecule has 2 aromatic carbocycles. The molecule has 8 nitrogen and oxygen atoms in total. The van der Waals surface area contributed by atoms with Crippen molar-refractivity contribution in [3.8, 4) is 17.2 Å². The highest BCUT2D eigenvalue weighted by Gasteiger charge is 2.22. The summed E-state index contributed by atoms with van der Waals surface area (Å²) in [5.41, 5.74) is 0.542. The van der Waals surface area contributed by atoms with Gasteiger partial charge < -0.3 is 19.5 Å². The molecule has 9 heteroatoms. The van der Waals surface area contributed by atoms with Crippen LogP contribution < -0.4 is 19.5 Å². The second-order valence-corrected chi connectivity index (χ2v) is 5.98. The molecule has 1 aliphatic rings. The van der Waals surface area contributed by atoms with E-state index in [4.69, 9.17) is 14.2 Å². The number of nitro benzene ring substituents is 1. The number of nitrogens with zero attached hydrogens (tertiary/aromatic N) is 1. The average molecular weight is 388 g/mol. The van der Waals surface area contributed by atoms with Gasteiger partial charge in [0, 0.05) is 6.08 Å². The molecule has 1 heterocycles. The van der Waals surface area contributed by atoms with Gasteiger partial charge in [-0.1, -0.05) is 6.07 Å². The van der Waals surface area contributed by atoms with Crippen LogP contribution in [0.5, 0.6) is 17.2 Å². The fraction of sp³-hybridized carbons (Fsp3) is 0.211. The van der Waals surface area contributed by atoms with Gasteiger partial charge in [0.05, 0.1) is 29.7 Å². The predicted octanol–water partition coefficient (Wildman–Crippen LogP) is 3.36. The molecular weight excluding hydrogens is 371 g/mol. The van der Waals surface area contributed by atoms with Crippen molar-refractivity contribution in [2.75, 3.05) is 13.9 Å². The van der Waals surface area contributed by atoms with E-state index in [1.165, 1.54) is 43.5 Å². The third-order valence-electron chi connectivity index (χ3n) is 4.17. The van der Waals surface area contributed by atoms with E-state index in [1.807, 2.05) is 0 Å². The van der Waals surface area contributed by atoms with Crippen molar-refractivity contribution in [3.05, 3.63) is 63.5 Å². The van der Waals surface area contributed by atoms with Gasteiger partial charge >= 0.3 is 0 Å². The minimum Gasteiger partial charge on any atom is -0.494 e. The van der Waals surface area contributed by atoms with Gasteiger partial charge in [0.2, 0.25) is 12.7 Å². The maximum Gasteiger partial charge on any atom is 0.280 e. The average Bonchev–Trinajstić information content (AvgIpc) is 3.12. The van der Waals surface area contributed by atoms with E-state index in [2.05, 4.69) is 5.32 Å². The minimum absolute atomic E-state index is 0.0178. The van der Waals surface area contributed by atoms with Crippen molar-refractivity contribution in [2.45, 2.75) is 13.0 Å². The van der Waals surface area contributed by atoms with E-state index >= 15 is 0 Å². The van der Waals surface area contributed by atoms with E-state index in [0.29, 0.717) is 11.3 Å². The second kappa shape index (κ2) is 7.95. The first-order valence-electron chi connectivity index (χ1n) is 8.29. The van der Waals surface area contributed by atoms with Crippen LogP contribution in [0.1, 0.15) is 24.1 Å². The Balaban J connectivity index is 1.73. The molecule has 0 aromatic heterocycles. The number of amides is 1. The van der Waals surface area contributed by atoms with Crippen LogP contribution in [-0.4, -0.2) is 24.7 Å². The molecule has 28 heavy (non-hydrogen) atoms. The zero-order valence-electron chi connectivity index (χ0n) is 15.1. The van der Waals surface area contributed by atoms with Crippen molar-refractivity contribution < 1.29 is 28.3 Å². The van der Waals surface area contributed by atoms with E-state index in [-0.39, 0.29) is 29.5 Å². The summed E-state index contributed by atoms with van der Waals surface area (Å²) in [5, 5.41) is 13.9. The molecule has 0 saturated carbocycles. The summed E-state index contributed by atoms with van der Waals surface area (Å²) in [6, 6.07) is 6.59. The molecule has 0 spiro atoms. The van der Waals surface area contributed by atoms with Crippen molar-refractivity contribution in [1.29, 1.82) is 0 Å². The molecule has 0 unspecified atom stereocenters.